The average molecular weight is 380 g/mol. The van der Waals surface area contributed by atoms with Crippen molar-refractivity contribution in [1.82, 2.24) is 15.5 Å². The number of carbonyl (C=O) groups excluding carboxylic acids is 2. The quantitative estimate of drug-likeness (QED) is 0.843. The highest BCUT2D eigenvalue weighted by Gasteiger charge is 2.35. The number of piperidine rings is 1. The van der Waals surface area contributed by atoms with E-state index in [1.165, 1.54) is 5.56 Å². The monoisotopic (exact) mass is 379 g/mol. The Kier molecular flexibility index (Phi) is 7.47. The van der Waals surface area contributed by atoms with Crippen LogP contribution in [0.2, 0.25) is 0 Å². The van der Waals surface area contributed by atoms with Crippen LogP contribution in [0.4, 0.5) is 0 Å². The molecule has 1 aromatic rings. The number of amides is 2. The third-order valence-corrected chi connectivity index (χ3v) is 5.10. The third kappa shape index (κ3) is 4.98. The predicted molar refractivity (Wildman–Crippen MR) is 105 cm³/mol. The van der Waals surface area contributed by atoms with Crippen molar-refractivity contribution in [2.24, 2.45) is 5.92 Å². The van der Waals surface area contributed by atoms with E-state index >= 15 is 0 Å². The molecular weight excluding hydrogens is 350 g/mol. The minimum Gasteiger partial charge on any atom is -0.350 e. The zero-order valence-corrected chi connectivity index (χ0v) is 16.5. The molecule has 0 aromatic heterocycles. The van der Waals surface area contributed by atoms with E-state index in [-0.39, 0.29) is 36.2 Å². The maximum absolute atomic E-state index is 12.9. The van der Waals surface area contributed by atoms with Gasteiger partial charge in [0.2, 0.25) is 11.8 Å². The number of halogens is 1. The lowest BCUT2D eigenvalue weighted by atomic mass is 9.92. The van der Waals surface area contributed by atoms with E-state index < -0.39 is 6.04 Å². The smallest absolute Gasteiger partial charge is 0.243 e. The largest absolute Gasteiger partial charge is 0.350 e. The molecule has 26 heavy (non-hydrogen) atoms. The molecule has 0 aliphatic carbocycles. The molecule has 1 fully saturated rings. The summed E-state index contributed by atoms with van der Waals surface area (Å²) < 4.78 is 0. The summed E-state index contributed by atoms with van der Waals surface area (Å²) in [6, 6.07) is 7.90. The SMILES string of the molecule is CC(C)CC(=O)N1Cc2ccccc2CC1C(=O)NC1CCCNC1.Cl. The molecule has 144 valence electrons. The van der Waals surface area contributed by atoms with Gasteiger partial charge in [-0.15, -0.1) is 12.4 Å². The Labute approximate surface area is 162 Å². The number of carbonyl (C=O) groups is 2. The number of nitrogens with zero attached hydrogens (tertiary/aromatic N) is 1. The molecule has 2 aliphatic rings. The van der Waals surface area contributed by atoms with E-state index in [2.05, 4.69) is 22.8 Å². The average Bonchev–Trinajstić information content (AvgIpc) is 2.61. The second-order valence-electron chi connectivity index (χ2n) is 7.66. The predicted octanol–water partition coefficient (Wildman–Crippen LogP) is 2.28. The summed E-state index contributed by atoms with van der Waals surface area (Å²) in [5, 5.41) is 6.49. The van der Waals surface area contributed by atoms with Gasteiger partial charge >= 0.3 is 0 Å². The van der Waals surface area contributed by atoms with E-state index in [1.807, 2.05) is 26.0 Å². The second-order valence-corrected chi connectivity index (χ2v) is 7.66. The molecule has 5 nitrogen and oxygen atoms in total. The van der Waals surface area contributed by atoms with Gasteiger partial charge in [-0.3, -0.25) is 9.59 Å². The first-order valence-electron chi connectivity index (χ1n) is 9.42. The molecule has 0 spiro atoms. The Morgan fingerprint density at radius 2 is 2.00 bits per heavy atom. The summed E-state index contributed by atoms with van der Waals surface area (Å²) in [4.78, 5) is 27.5. The summed E-state index contributed by atoms with van der Waals surface area (Å²) in [7, 11) is 0. The standard InChI is InChI=1S/C20H29N3O2.ClH/c1-14(2)10-19(24)23-13-16-7-4-3-6-15(16)11-18(23)20(25)22-17-8-5-9-21-12-17;/h3-4,6-7,14,17-18,21H,5,8-13H2,1-2H3,(H,22,25);1H. The normalized spacial score (nSPS) is 22.3. The van der Waals surface area contributed by atoms with Gasteiger partial charge < -0.3 is 15.5 Å². The number of fused-ring (bicyclic) bond motifs is 1. The summed E-state index contributed by atoms with van der Waals surface area (Å²) in [6.07, 6.45) is 3.17. The van der Waals surface area contributed by atoms with E-state index in [9.17, 15) is 9.59 Å². The summed E-state index contributed by atoms with van der Waals surface area (Å²) in [6.45, 7) is 6.44. The van der Waals surface area contributed by atoms with Crippen molar-refractivity contribution < 1.29 is 9.59 Å². The minimum absolute atomic E-state index is 0. The first-order chi connectivity index (χ1) is 12.0. The van der Waals surface area contributed by atoms with E-state index in [1.54, 1.807) is 4.90 Å². The van der Waals surface area contributed by atoms with Gasteiger partial charge in [-0.2, -0.15) is 0 Å². The Balaban J connectivity index is 0.00000243. The molecule has 3 rings (SSSR count). The lowest BCUT2D eigenvalue weighted by molar-refractivity contribution is -0.142. The van der Waals surface area contributed by atoms with Crippen molar-refractivity contribution in [2.75, 3.05) is 13.1 Å². The summed E-state index contributed by atoms with van der Waals surface area (Å²) >= 11 is 0. The number of nitrogens with one attached hydrogen (secondary N) is 2. The third-order valence-electron chi connectivity index (χ3n) is 5.10. The van der Waals surface area contributed by atoms with Gasteiger partial charge in [-0.1, -0.05) is 38.1 Å². The molecular formula is C20H30ClN3O2. The van der Waals surface area contributed by atoms with Gasteiger partial charge in [0.05, 0.1) is 0 Å². The molecule has 2 unspecified atom stereocenters. The maximum atomic E-state index is 12.9. The van der Waals surface area contributed by atoms with Crippen molar-refractivity contribution in [2.45, 2.75) is 58.2 Å². The number of hydrogen-bond acceptors (Lipinski definition) is 3. The fraction of sp³-hybridized carbons (Fsp3) is 0.600. The van der Waals surface area contributed by atoms with Gasteiger partial charge in [-0.25, -0.2) is 0 Å². The number of rotatable bonds is 4. The lowest BCUT2D eigenvalue weighted by Gasteiger charge is -2.37. The van der Waals surface area contributed by atoms with Crippen LogP contribution >= 0.6 is 12.4 Å². The minimum atomic E-state index is -0.400. The molecule has 2 heterocycles. The van der Waals surface area contributed by atoms with Crippen LogP contribution in [0.5, 0.6) is 0 Å². The Morgan fingerprint density at radius 3 is 2.65 bits per heavy atom. The molecule has 0 radical (unpaired) electrons. The van der Waals surface area contributed by atoms with Crippen molar-refractivity contribution in [3.05, 3.63) is 35.4 Å². The molecule has 2 N–H and O–H groups in total. The highest BCUT2D eigenvalue weighted by molar-refractivity contribution is 5.88. The highest BCUT2D eigenvalue weighted by Crippen LogP contribution is 2.25. The van der Waals surface area contributed by atoms with Crippen LogP contribution in [-0.4, -0.2) is 41.9 Å². The van der Waals surface area contributed by atoms with Crippen molar-refractivity contribution >= 4 is 24.2 Å². The maximum Gasteiger partial charge on any atom is 0.243 e. The van der Waals surface area contributed by atoms with Crippen LogP contribution in [0.3, 0.4) is 0 Å². The summed E-state index contributed by atoms with van der Waals surface area (Å²) in [5.74, 6) is 0.350. The van der Waals surface area contributed by atoms with Gasteiger partial charge in [0, 0.05) is 32.0 Å². The van der Waals surface area contributed by atoms with Crippen molar-refractivity contribution in [3.8, 4) is 0 Å². The van der Waals surface area contributed by atoms with E-state index in [4.69, 9.17) is 0 Å². The van der Waals surface area contributed by atoms with Crippen LogP contribution in [0.25, 0.3) is 0 Å². The van der Waals surface area contributed by atoms with Crippen LogP contribution in [0.15, 0.2) is 24.3 Å². The number of hydrogen-bond donors (Lipinski definition) is 2. The molecule has 6 heteroatoms. The summed E-state index contributed by atoms with van der Waals surface area (Å²) in [5.41, 5.74) is 2.33. The van der Waals surface area contributed by atoms with Crippen molar-refractivity contribution in [3.63, 3.8) is 0 Å². The van der Waals surface area contributed by atoms with Crippen LogP contribution in [0, 0.1) is 5.92 Å². The molecule has 0 saturated carbocycles. The Morgan fingerprint density at radius 1 is 1.27 bits per heavy atom. The second kappa shape index (κ2) is 9.38. The Bertz CT molecular complexity index is 629. The molecule has 2 aliphatic heterocycles. The zero-order chi connectivity index (χ0) is 17.8. The van der Waals surface area contributed by atoms with Crippen LogP contribution < -0.4 is 10.6 Å². The molecule has 1 saturated heterocycles. The van der Waals surface area contributed by atoms with Crippen molar-refractivity contribution in [1.29, 1.82) is 0 Å². The van der Waals surface area contributed by atoms with Gasteiger partial charge in [0.25, 0.3) is 0 Å². The van der Waals surface area contributed by atoms with Gasteiger partial charge in [-0.05, 0) is 36.4 Å². The molecule has 2 amide bonds. The topological polar surface area (TPSA) is 61.4 Å². The first-order valence-corrected chi connectivity index (χ1v) is 9.42. The fourth-order valence-electron chi connectivity index (χ4n) is 3.76. The van der Waals surface area contributed by atoms with Gasteiger partial charge in [0.1, 0.15) is 6.04 Å². The Hall–Kier alpha value is -1.59. The van der Waals surface area contributed by atoms with Crippen LogP contribution in [0.1, 0.15) is 44.2 Å². The first kappa shape index (κ1) is 20.7. The van der Waals surface area contributed by atoms with E-state index in [0.29, 0.717) is 19.4 Å². The lowest BCUT2D eigenvalue weighted by Crippen LogP contribution is -2.56. The zero-order valence-electron chi connectivity index (χ0n) is 15.7. The number of benzene rings is 1. The van der Waals surface area contributed by atoms with Crippen LogP contribution in [-0.2, 0) is 22.6 Å². The molecule has 0 bridgehead atoms. The van der Waals surface area contributed by atoms with E-state index in [0.717, 1.165) is 31.5 Å². The molecule has 2 atom stereocenters. The fourth-order valence-corrected chi connectivity index (χ4v) is 3.76. The molecule has 1 aromatic carbocycles. The highest BCUT2D eigenvalue weighted by atomic mass is 35.5. The van der Waals surface area contributed by atoms with Gasteiger partial charge in [0.15, 0.2) is 0 Å².